The van der Waals surface area contributed by atoms with Crippen LogP contribution >= 0.6 is 0 Å². The van der Waals surface area contributed by atoms with Gasteiger partial charge in [0.05, 0.1) is 13.2 Å². The van der Waals surface area contributed by atoms with Gasteiger partial charge >= 0.3 is 0 Å². The first kappa shape index (κ1) is 8.09. The topological polar surface area (TPSA) is 62.1 Å². The van der Waals surface area contributed by atoms with Crippen LogP contribution in [0.15, 0.2) is 6.33 Å². The second-order valence-electron chi connectivity index (χ2n) is 1.84. The minimum absolute atomic E-state index is 0.323. The van der Waals surface area contributed by atoms with Gasteiger partial charge in [-0.3, -0.25) is 0 Å². The monoisotopic (exact) mass is 158 g/mol. The molecule has 6 nitrogen and oxygen atoms in total. The summed E-state index contributed by atoms with van der Waals surface area (Å²) in [6.45, 7) is 1.44. The van der Waals surface area contributed by atoms with Gasteiger partial charge in [0.25, 0.3) is 0 Å². The highest BCUT2D eigenvalue weighted by Gasteiger charge is 1.90. The van der Waals surface area contributed by atoms with Crippen LogP contribution in [0.1, 0.15) is 0 Å². The summed E-state index contributed by atoms with van der Waals surface area (Å²) in [5.74, 6) is 0. The maximum Gasteiger partial charge on any atom is 0.162 e. The summed E-state index contributed by atoms with van der Waals surface area (Å²) in [6, 6.07) is 0. The fourth-order valence-corrected chi connectivity index (χ4v) is 0.536. The van der Waals surface area contributed by atoms with Crippen LogP contribution in [0.3, 0.4) is 0 Å². The lowest BCUT2D eigenvalue weighted by Gasteiger charge is -2.00. The molecule has 0 aliphatic carbocycles. The van der Waals surface area contributed by atoms with E-state index in [1.54, 1.807) is 7.11 Å². The second kappa shape index (κ2) is 4.75. The lowest BCUT2D eigenvalue weighted by molar-refractivity contribution is 0.0218. The maximum absolute atomic E-state index is 5.09. The Morgan fingerprint density at radius 1 is 1.45 bits per heavy atom. The molecule has 0 atom stereocenters. The lowest BCUT2D eigenvalue weighted by atomic mass is 10.8. The van der Waals surface area contributed by atoms with Gasteiger partial charge in [0.15, 0.2) is 13.1 Å². The van der Waals surface area contributed by atoms with Crippen LogP contribution in [0.25, 0.3) is 0 Å². The summed E-state index contributed by atoms with van der Waals surface area (Å²) in [5, 5.41) is 10.9. The van der Waals surface area contributed by atoms with Gasteiger partial charge in [-0.25, -0.2) is 0 Å². The molecule has 1 aromatic rings. The van der Waals surface area contributed by atoms with Crippen molar-refractivity contribution in [2.45, 2.75) is 6.73 Å². The molecular weight excluding hydrogens is 148 g/mol. The number of nitrogens with zero attached hydrogens (tertiary/aromatic N) is 4. The Morgan fingerprint density at radius 2 is 2.36 bits per heavy atom. The van der Waals surface area contributed by atoms with Crippen molar-refractivity contribution in [3.05, 3.63) is 6.33 Å². The fourth-order valence-electron chi connectivity index (χ4n) is 0.536. The quantitative estimate of drug-likeness (QED) is 0.530. The Morgan fingerprint density at radius 3 is 3.00 bits per heavy atom. The molecule has 0 aliphatic heterocycles. The molecule has 0 bridgehead atoms. The number of aromatic nitrogens is 4. The van der Waals surface area contributed by atoms with Crippen molar-refractivity contribution in [3.8, 4) is 0 Å². The highest BCUT2D eigenvalue weighted by atomic mass is 16.5. The Kier molecular flexibility index (Phi) is 3.49. The van der Waals surface area contributed by atoms with Crippen molar-refractivity contribution in [3.63, 3.8) is 0 Å². The summed E-state index contributed by atoms with van der Waals surface area (Å²) < 4.78 is 9.86. The zero-order valence-electron chi connectivity index (χ0n) is 6.30. The largest absolute Gasteiger partial charge is 0.382 e. The highest BCUT2D eigenvalue weighted by molar-refractivity contribution is 4.34. The first-order valence-electron chi connectivity index (χ1n) is 3.21. The predicted molar refractivity (Wildman–Crippen MR) is 35.6 cm³/mol. The molecule has 62 valence electrons. The van der Waals surface area contributed by atoms with Crippen molar-refractivity contribution in [2.75, 3.05) is 20.3 Å². The SMILES string of the molecule is COCCOCn1ncnn1. The van der Waals surface area contributed by atoms with E-state index in [1.807, 2.05) is 0 Å². The maximum atomic E-state index is 5.09. The van der Waals surface area contributed by atoms with Crippen LogP contribution in [0.5, 0.6) is 0 Å². The van der Waals surface area contributed by atoms with Gasteiger partial charge in [-0.1, -0.05) is 0 Å². The molecule has 1 rings (SSSR count). The van der Waals surface area contributed by atoms with Crippen molar-refractivity contribution >= 4 is 0 Å². The molecule has 0 spiro atoms. The molecule has 6 heteroatoms. The predicted octanol–water partition coefficient (Wildman–Crippen LogP) is -0.706. The van der Waals surface area contributed by atoms with E-state index in [-0.39, 0.29) is 0 Å². The molecule has 0 fully saturated rings. The molecule has 0 radical (unpaired) electrons. The first-order valence-corrected chi connectivity index (χ1v) is 3.21. The van der Waals surface area contributed by atoms with E-state index in [1.165, 1.54) is 11.1 Å². The average molecular weight is 158 g/mol. The molecule has 0 N–H and O–H groups in total. The first-order chi connectivity index (χ1) is 5.43. The van der Waals surface area contributed by atoms with Crippen LogP contribution in [0.2, 0.25) is 0 Å². The summed E-state index contributed by atoms with van der Waals surface area (Å²) in [6.07, 6.45) is 1.36. The van der Waals surface area contributed by atoms with E-state index in [0.717, 1.165) is 0 Å². The fraction of sp³-hybridized carbons (Fsp3) is 0.800. The van der Waals surface area contributed by atoms with Crippen molar-refractivity contribution in [1.82, 2.24) is 20.2 Å². The number of ether oxygens (including phenoxy) is 2. The number of hydrogen-bond acceptors (Lipinski definition) is 5. The van der Waals surface area contributed by atoms with Crippen molar-refractivity contribution < 1.29 is 9.47 Å². The number of tetrazole rings is 1. The number of methoxy groups -OCH3 is 1. The zero-order chi connectivity index (χ0) is 7.94. The minimum atomic E-state index is 0.323. The van der Waals surface area contributed by atoms with Crippen LogP contribution < -0.4 is 0 Å². The Hall–Kier alpha value is -1.01. The molecule has 1 heterocycles. The van der Waals surface area contributed by atoms with E-state index < -0.39 is 0 Å². The van der Waals surface area contributed by atoms with Crippen molar-refractivity contribution in [1.29, 1.82) is 0 Å². The molecule has 0 aliphatic rings. The van der Waals surface area contributed by atoms with Crippen LogP contribution in [0, 0.1) is 0 Å². The minimum Gasteiger partial charge on any atom is -0.382 e. The molecule has 11 heavy (non-hydrogen) atoms. The standard InChI is InChI=1S/C5H10N4O2/c1-10-2-3-11-5-9-7-4-6-8-9/h4H,2-3,5H2,1H3. The van der Waals surface area contributed by atoms with Crippen LogP contribution in [-0.2, 0) is 16.2 Å². The summed E-state index contributed by atoms with van der Waals surface area (Å²) in [4.78, 5) is 1.36. The molecule has 0 saturated carbocycles. The normalized spacial score (nSPS) is 10.3. The zero-order valence-corrected chi connectivity index (χ0v) is 6.30. The van der Waals surface area contributed by atoms with E-state index >= 15 is 0 Å². The van der Waals surface area contributed by atoms with Gasteiger partial charge in [-0.2, -0.15) is 0 Å². The van der Waals surface area contributed by atoms with Gasteiger partial charge in [-0.05, 0) is 5.21 Å². The third-order valence-corrected chi connectivity index (χ3v) is 1.03. The van der Waals surface area contributed by atoms with Gasteiger partial charge in [0, 0.05) is 7.11 Å². The number of hydrogen-bond donors (Lipinski definition) is 0. The van der Waals surface area contributed by atoms with Crippen molar-refractivity contribution in [2.24, 2.45) is 0 Å². The van der Waals surface area contributed by atoms with Crippen LogP contribution in [0.4, 0.5) is 0 Å². The van der Waals surface area contributed by atoms with Gasteiger partial charge in [-0.15, -0.1) is 15.0 Å². The lowest BCUT2D eigenvalue weighted by Crippen LogP contribution is -2.09. The third kappa shape index (κ3) is 3.06. The van der Waals surface area contributed by atoms with E-state index in [0.29, 0.717) is 19.9 Å². The molecular formula is C5H10N4O2. The average Bonchev–Trinajstić information content (AvgIpc) is 2.50. The van der Waals surface area contributed by atoms with E-state index in [9.17, 15) is 0 Å². The third-order valence-electron chi connectivity index (χ3n) is 1.03. The molecule has 0 amide bonds. The smallest absolute Gasteiger partial charge is 0.162 e. The van der Waals surface area contributed by atoms with Crippen LogP contribution in [-0.4, -0.2) is 40.5 Å². The molecule has 0 saturated heterocycles. The van der Waals surface area contributed by atoms with Gasteiger partial charge in [0.1, 0.15) is 0 Å². The van der Waals surface area contributed by atoms with Gasteiger partial charge < -0.3 is 9.47 Å². The highest BCUT2D eigenvalue weighted by Crippen LogP contribution is 1.79. The Balaban J connectivity index is 2.04. The molecule has 0 unspecified atom stereocenters. The Labute approximate surface area is 64.1 Å². The summed E-state index contributed by atoms with van der Waals surface area (Å²) in [7, 11) is 1.62. The van der Waals surface area contributed by atoms with Gasteiger partial charge in [0.2, 0.25) is 0 Å². The molecule has 0 aromatic carbocycles. The summed E-state index contributed by atoms with van der Waals surface area (Å²) in [5.41, 5.74) is 0. The number of rotatable bonds is 5. The van der Waals surface area contributed by atoms with E-state index in [2.05, 4.69) is 15.4 Å². The molecule has 1 aromatic heterocycles. The Bertz CT molecular complexity index is 177. The van der Waals surface area contributed by atoms with E-state index in [4.69, 9.17) is 9.47 Å². The second-order valence-corrected chi connectivity index (χ2v) is 1.84. The summed E-state index contributed by atoms with van der Waals surface area (Å²) >= 11 is 0.